The van der Waals surface area contributed by atoms with Gasteiger partial charge in [-0.2, -0.15) is 0 Å². The lowest BCUT2D eigenvalue weighted by atomic mass is 10.1. The smallest absolute Gasteiger partial charge is 0.269 e. The van der Waals surface area contributed by atoms with Crippen molar-refractivity contribution in [3.8, 4) is 5.75 Å². The fraction of sp³-hybridized carbons (Fsp3) is 0.214. The number of rotatable bonds is 4. The van der Waals surface area contributed by atoms with Crippen LogP contribution in [0.1, 0.15) is 22.2 Å². The monoisotopic (exact) mass is 339 g/mol. The van der Waals surface area contributed by atoms with Gasteiger partial charge < -0.3 is 10.1 Å². The van der Waals surface area contributed by atoms with Crippen LogP contribution in [0, 0.1) is 0 Å². The third kappa shape index (κ3) is 2.98. The first-order valence-corrected chi connectivity index (χ1v) is 7.54. The number of halogens is 1. The largest absolute Gasteiger partial charge is 0.494 e. The average Bonchev–Trinajstić information content (AvgIpc) is 2.80. The number of thiophene rings is 1. The number of carbonyl (C=O) groups is 1. The molecule has 2 rings (SSSR count). The third-order valence-corrected chi connectivity index (χ3v) is 4.61. The number of hydrogen-bond acceptors (Lipinski definition) is 3. The molecule has 0 bridgehead atoms. The zero-order valence-electron chi connectivity index (χ0n) is 10.7. The van der Waals surface area contributed by atoms with Gasteiger partial charge in [0.2, 0.25) is 0 Å². The van der Waals surface area contributed by atoms with Crippen LogP contribution in [0.3, 0.4) is 0 Å². The van der Waals surface area contributed by atoms with Gasteiger partial charge in [0.05, 0.1) is 11.6 Å². The summed E-state index contributed by atoms with van der Waals surface area (Å²) in [6, 6.07) is 7.80. The minimum atomic E-state index is -0.145. The van der Waals surface area contributed by atoms with Crippen LogP contribution in [0.4, 0.5) is 5.69 Å². The highest BCUT2D eigenvalue weighted by Crippen LogP contribution is 2.35. The number of hydrogen-bond donors (Lipinski definition) is 1. The van der Waals surface area contributed by atoms with Crippen molar-refractivity contribution in [2.24, 2.45) is 0 Å². The number of amides is 1. The molecule has 1 N–H and O–H groups in total. The van der Waals surface area contributed by atoms with Crippen LogP contribution in [0.25, 0.3) is 0 Å². The molecule has 0 saturated heterocycles. The fourth-order valence-corrected chi connectivity index (χ4v) is 3.36. The van der Waals surface area contributed by atoms with Gasteiger partial charge in [-0.25, -0.2) is 0 Å². The van der Waals surface area contributed by atoms with E-state index in [-0.39, 0.29) is 5.91 Å². The highest BCUT2D eigenvalue weighted by atomic mass is 79.9. The Bertz CT molecular complexity index is 595. The zero-order valence-corrected chi connectivity index (χ0v) is 13.1. The average molecular weight is 340 g/mol. The molecule has 19 heavy (non-hydrogen) atoms. The Kier molecular flexibility index (Phi) is 4.61. The Morgan fingerprint density at radius 3 is 2.84 bits per heavy atom. The second-order valence-corrected chi connectivity index (χ2v) is 5.64. The molecular weight excluding hydrogens is 326 g/mol. The number of nitrogens with one attached hydrogen (secondary N) is 1. The number of para-hydroxylation sites is 1. The molecule has 100 valence electrons. The van der Waals surface area contributed by atoms with Gasteiger partial charge in [0, 0.05) is 11.1 Å². The van der Waals surface area contributed by atoms with Gasteiger partial charge in [-0.3, -0.25) is 4.79 Å². The number of carbonyl (C=O) groups excluding carboxylic acids is 1. The summed E-state index contributed by atoms with van der Waals surface area (Å²) in [6.45, 7) is 2.06. The summed E-state index contributed by atoms with van der Waals surface area (Å²) in [5.41, 5.74) is 1.96. The molecule has 0 aliphatic heterocycles. The Hall–Kier alpha value is -1.33. The van der Waals surface area contributed by atoms with Crippen LogP contribution in [-0.2, 0) is 6.42 Å². The van der Waals surface area contributed by atoms with Crippen LogP contribution >= 0.6 is 27.3 Å². The summed E-state index contributed by atoms with van der Waals surface area (Å²) in [7, 11) is 1.56. The SMILES string of the molecule is CCc1ccccc1NC(=O)c1scc(Br)c1OC. The molecule has 0 atom stereocenters. The molecule has 0 fully saturated rings. The maximum atomic E-state index is 12.3. The molecule has 1 aromatic carbocycles. The number of aryl methyl sites for hydroxylation is 1. The molecule has 1 heterocycles. The molecule has 1 amide bonds. The van der Waals surface area contributed by atoms with E-state index in [4.69, 9.17) is 4.74 Å². The number of ether oxygens (including phenoxy) is 1. The molecule has 0 aliphatic carbocycles. The van der Waals surface area contributed by atoms with Gasteiger partial charge in [0.15, 0.2) is 5.75 Å². The van der Waals surface area contributed by atoms with E-state index in [0.717, 1.165) is 22.1 Å². The van der Waals surface area contributed by atoms with E-state index in [9.17, 15) is 4.79 Å². The molecule has 0 radical (unpaired) electrons. The minimum absolute atomic E-state index is 0.145. The van der Waals surface area contributed by atoms with Crippen molar-refractivity contribution in [3.05, 3.63) is 44.6 Å². The van der Waals surface area contributed by atoms with Crippen molar-refractivity contribution in [2.45, 2.75) is 13.3 Å². The van der Waals surface area contributed by atoms with E-state index in [1.54, 1.807) is 7.11 Å². The maximum absolute atomic E-state index is 12.3. The van der Waals surface area contributed by atoms with Crippen LogP contribution in [-0.4, -0.2) is 13.0 Å². The summed E-state index contributed by atoms with van der Waals surface area (Å²) in [5, 5.41) is 4.78. The van der Waals surface area contributed by atoms with Gasteiger partial charge in [-0.1, -0.05) is 25.1 Å². The molecule has 1 aromatic heterocycles. The number of benzene rings is 1. The van der Waals surface area contributed by atoms with E-state index in [1.807, 2.05) is 29.6 Å². The first-order valence-electron chi connectivity index (χ1n) is 5.87. The Balaban J connectivity index is 2.26. The van der Waals surface area contributed by atoms with Gasteiger partial charge in [0.1, 0.15) is 4.88 Å². The number of anilines is 1. The highest BCUT2D eigenvalue weighted by Gasteiger charge is 2.18. The van der Waals surface area contributed by atoms with Crippen LogP contribution in [0.15, 0.2) is 34.1 Å². The van der Waals surface area contributed by atoms with Gasteiger partial charge in [-0.05, 0) is 34.0 Å². The summed E-state index contributed by atoms with van der Waals surface area (Å²) in [6.07, 6.45) is 0.877. The second kappa shape index (κ2) is 6.21. The van der Waals surface area contributed by atoms with Crippen molar-refractivity contribution in [1.29, 1.82) is 0 Å². The lowest BCUT2D eigenvalue weighted by Gasteiger charge is -2.09. The topological polar surface area (TPSA) is 38.3 Å². The molecule has 3 nitrogen and oxygen atoms in total. The molecule has 2 aromatic rings. The Morgan fingerprint density at radius 2 is 2.16 bits per heavy atom. The molecular formula is C14H14BrNO2S. The predicted molar refractivity (Wildman–Crippen MR) is 82.3 cm³/mol. The summed E-state index contributed by atoms with van der Waals surface area (Å²) in [5.74, 6) is 0.435. The number of methoxy groups -OCH3 is 1. The Morgan fingerprint density at radius 1 is 1.42 bits per heavy atom. The van der Waals surface area contributed by atoms with E-state index in [1.165, 1.54) is 11.3 Å². The summed E-state index contributed by atoms with van der Waals surface area (Å²) in [4.78, 5) is 12.8. The lowest BCUT2D eigenvalue weighted by molar-refractivity contribution is 0.102. The Labute approximate surface area is 124 Å². The molecule has 0 aliphatic rings. The van der Waals surface area contributed by atoms with Crippen molar-refractivity contribution >= 4 is 38.9 Å². The first kappa shape index (κ1) is 14.1. The van der Waals surface area contributed by atoms with Crippen LogP contribution < -0.4 is 10.1 Å². The fourth-order valence-electron chi connectivity index (χ4n) is 1.80. The molecule has 0 saturated carbocycles. The second-order valence-electron chi connectivity index (χ2n) is 3.91. The van der Waals surface area contributed by atoms with E-state index < -0.39 is 0 Å². The lowest BCUT2D eigenvalue weighted by Crippen LogP contribution is -2.12. The highest BCUT2D eigenvalue weighted by molar-refractivity contribution is 9.10. The van der Waals surface area contributed by atoms with Gasteiger partial charge >= 0.3 is 0 Å². The standard InChI is InChI=1S/C14H14BrNO2S/c1-3-9-6-4-5-7-11(9)16-14(17)13-12(18-2)10(15)8-19-13/h4-8H,3H2,1-2H3,(H,16,17). The van der Waals surface area contributed by atoms with E-state index in [0.29, 0.717) is 10.6 Å². The summed E-state index contributed by atoms with van der Waals surface area (Å²) < 4.78 is 6.03. The van der Waals surface area contributed by atoms with Crippen molar-refractivity contribution in [3.63, 3.8) is 0 Å². The molecule has 0 unspecified atom stereocenters. The molecule has 0 spiro atoms. The first-order chi connectivity index (χ1) is 9.17. The quantitative estimate of drug-likeness (QED) is 0.899. The van der Waals surface area contributed by atoms with Gasteiger partial charge in [-0.15, -0.1) is 11.3 Å². The van der Waals surface area contributed by atoms with E-state index >= 15 is 0 Å². The van der Waals surface area contributed by atoms with E-state index in [2.05, 4.69) is 28.2 Å². The normalized spacial score (nSPS) is 10.3. The zero-order chi connectivity index (χ0) is 13.8. The predicted octanol–water partition coefficient (Wildman–Crippen LogP) is 4.33. The van der Waals surface area contributed by atoms with Crippen molar-refractivity contribution in [1.82, 2.24) is 0 Å². The van der Waals surface area contributed by atoms with Crippen molar-refractivity contribution in [2.75, 3.05) is 12.4 Å². The van der Waals surface area contributed by atoms with Crippen LogP contribution in [0.2, 0.25) is 0 Å². The summed E-state index contributed by atoms with van der Waals surface area (Å²) >= 11 is 4.72. The third-order valence-electron chi connectivity index (χ3n) is 2.76. The van der Waals surface area contributed by atoms with Gasteiger partial charge in [0.25, 0.3) is 5.91 Å². The molecule has 5 heteroatoms. The van der Waals surface area contributed by atoms with Crippen LogP contribution in [0.5, 0.6) is 5.75 Å². The maximum Gasteiger partial charge on any atom is 0.269 e. The van der Waals surface area contributed by atoms with Crippen molar-refractivity contribution < 1.29 is 9.53 Å². The minimum Gasteiger partial charge on any atom is -0.494 e.